The molecule has 1 N–H and O–H groups in total. The second-order valence-electron chi connectivity index (χ2n) is 7.77. The van der Waals surface area contributed by atoms with Crippen molar-refractivity contribution in [2.75, 3.05) is 27.3 Å². The Bertz CT molecular complexity index is 800. The van der Waals surface area contributed by atoms with Gasteiger partial charge in [0.2, 0.25) is 5.88 Å². The predicted molar refractivity (Wildman–Crippen MR) is 106 cm³/mol. The molecule has 2 fully saturated rings. The Morgan fingerprint density at radius 2 is 1.79 bits per heavy atom. The molecule has 0 radical (unpaired) electrons. The van der Waals surface area contributed by atoms with Crippen LogP contribution in [0.15, 0.2) is 42.6 Å². The third-order valence-electron chi connectivity index (χ3n) is 5.92. The van der Waals surface area contributed by atoms with Crippen LogP contribution in [0.1, 0.15) is 18.4 Å². The molecule has 1 saturated heterocycles. The first-order valence-electron chi connectivity index (χ1n) is 9.85. The number of aromatic nitrogens is 1. The molecule has 1 aliphatic carbocycles. The van der Waals surface area contributed by atoms with E-state index < -0.39 is 6.10 Å². The largest absolute Gasteiger partial charge is 0.493 e. The molecule has 1 aromatic carbocycles. The molecule has 150 valence electrons. The van der Waals surface area contributed by atoms with E-state index in [0.717, 1.165) is 32.5 Å². The van der Waals surface area contributed by atoms with Gasteiger partial charge >= 0.3 is 0 Å². The van der Waals surface area contributed by atoms with Crippen molar-refractivity contribution in [3.63, 3.8) is 0 Å². The topological polar surface area (TPSA) is 64.1 Å². The second-order valence-corrected chi connectivity index (χ2v) is 7.77. The highest BCUT2D eigenvalue weighted by Crippen LogP contribution is 2.39. The summed E-state index contributed by atoms with van der Waals surface area (Å²) in [5.74, 6) is 3.10. The van der Waals surface area contributed by atoms with E-state index in [2.05, 4.69) is 9.88 Å². The van der Waals surface area contributed by atoms with Crippen molar-refractivity contribution in [2.45, 2.75) is 31.6 Å². The van der Waals surface area contributed by atoms with Crippen LogP contribution in [0.2, 0.25) is 0 Å². The number of ether oxygens (including phenoxy) is 3. The number of rotatable bonds is 6. The molecule has 4 atom stereocenters. The number of aliphatic hydroxyl groups excluding tert-OH is 1. The molecule has 1 saturated carbocycles. The summed E-state index contributed by atoms with van der Waals surface area (Å²) in [6, 6.07) is 11.7. The maximum absolute atomic E-state index is 10.7. The lowest BCUT2D eigenvalue weighted by Gasteiger charge is -2.35. The van der Waals surface area contributed by atoms with E-state index in [1.807, 2.05) is 36.4 Å². The average Bonchev–Trinajstić information content (AvgIpc) is 3.09. The van der Waals surface area contributed by atoms with Crippen LogP contribution in [-0.4, -0.2) is 54.5 Å². The van der Waals surface area contributed by atoms with Crippen molar-refractivity contribution in [1.82, 2.24) is 9.88 Å². The van der Waals surface area contributed by atoms with Gasteiger partial charge in [-0.05, 0) is 48.4 Å². The van der Waals surface area contributed by atoms with Crippen LogP contribution in [0.3, 0.4) is 0 Å². The molecular formula is C22H28N2O4. The summed E-state index contributed by atoms with van der Waals surface area (Å²) in [5, 5.41) is 10.7. The van der Waals surface area contributed by atoms with Gasteiger partial charge in [-0.2, -0.15) is 0 Å². The predicted octanol–water partition coefficient (Wildman–Crippen LogP) is 2.75. The number of nitrogens with zero attached hydrogens (tertiary/aromatic N) is 2. The number of fused-ring (bicyclic) bond motifs is 1. The first kappa shape index (κ1) is 19.0. The minimum Gasteiger partial charge on any atom is -0.493 e. The Morgan fingerprint density at radius 1 is 1.04 bits per heavy atom. The first-order chi connectivity index (χ1) is 13.7. The average molecular weight is 384 g/mol. The zero-order chi connectivity index (χ0) is 19.5. The van der Waals surface area contributed by atoms with E-state index in [0.29, 0.717) is 29.2 Å². The molecule has 4 rings (SSSR count). The molecule has 1 aromatic heterocycles. The van der Waals surface area contributed by atoms with Gasteiger partial charge in [-0.1, -0.05) is 12.1 Å². The van der Waals surface area contributed by atoms with Crippen molar-refractivity contribution in [1.29, 1.82) is 0 Å². The normalized spacial score (nSPS) is 27.2. The van der Waals surface area contributed by atoms with E-state index >= 15 is 0 Å². The van der Waals surface area contributed by atoms with Gasteiger partial charge < -0.3 is 19.3 Å². The molecule has 6 heteroatoms. The zero-order valence-electron chi connectivity index (χ0n) is 16.5. The van der Waals surface area contributed by atoms with Gasteiger partial charge in [-0.25, -0.2) is 4.98 Å². The van der Waals surface area contributed by atoms with Gasteiger partial charge in [0, 0.05) is 31.9 Å². The molecule has 0 amide bonds. The van der Waals surface area contributed by atoms with Crippen molar-refractivity contribution >= 4 is 0 Å². The number of para-hydroxylation sites is 2. The number of hydrogen-bond acceptors (Lipinski definition) is 6. The molecule has 2 aliphatic rings. The van der Waals surface area contributed by atoms with Crippen LogP contribution < -0.4 is 14.2 Å². The molecule has 0 unspecified atom stereocenters. The van der Waals surface area contributed by atoms with Crippen molar-refractivity contribution in [3.8, 4) is 17.4 Å². The molecule has 0 bridgehead atoms. The molecule has 0 spiro atoms. The van der Waals surface area contributed by atoms with E-state index in [-0.39, 0.29) is 6.10 Å². The van der Waals surface area contributed by atoms with Gasteiger partial charge in [0.1, 0.15) is 6.10 Å². The Labute approximate surface area is 166 Å². The number of aliphatic hydroxyl groups is 1. The summed E-state index contributed by atoms with van der Waals surface area (Å²) in [6.45, 7) is 2.90. The van der Waals surface area contributed by atoms with Gasteiger partial charge in [0.05, 0.1) is 20.3 Å². The quantitative estimate of drug-likeness (QED) is 0.826. The van der Waals surface area contributed by atoms with Crippen molar-refractivity contribution < 1.29 is 19.3 Å². The Morgan fingerprint density at radius 3 is 2.54 bits per heavy atom. The fraction of sp³-hybridized carbons (Fsp3) is 0.500. The lowest BCUT2D eigenvalue weighted by atomic mass is 9.78. The summed E-state index contributed by atoms with van der Waals surface area (Å²) in [4.78, 5) is 6.64. The van der Waals surface area contributed by atoms with Crippen molar-refractivity contribution in [3.05, 3.63) is 48.2 Å². The highest BCUT2D eigenvalue weighted by atomic mass is 16.5. The maximum atomic E-state index is 10.7. The number of likely N-dealkylation sites (tertiary alicyclic amines) is 1. The number of methoxy groups -OCH3 is 2. The molecule has 2 heterocycles. The lowest BCUT2D eigenvalue weighted by Crippen LogP contribution is -2.42. The fourth-order valence-electron chi connectivity index (χ4n) is 4.54. The fourth-order valence-corrected chi connectivity index (χ4v) is 4.54. The van der Waals surface area contributed by atoms with E-state index in [9.17, 15) is 5.11 Å². The van der Waals surface area contributed by atoms with Crippen LogP contribution in [-0.2, 0) is 6.54 Å². The third-order valence-corrected chi connectivity index (χ3v) is 5.92. The number of pyridine rings is 1. The van der Waals surface area contributed by atoms with Crippen LogP contribution in [0.25, 0.3) is 0 Å². The maximum Gasteiger partial charge on any atom is 0.213 e. The van der Waals surface area contributed by atoms with Crippen LogP contribution in [0.5, 0.6) is 17.4 Å². The zero-order valence-corrected chi connectivity index (χ0v) is 16.5. The molecule has 6 nitrogen and oxygen atoms in total. The van der Waals surface area contributed by atoms with E-state index in [4.69, 9.17) is 14.2 Å². The summed E-state index contributed by atoms with van der Waals surface area (Å²) in [7, 11) is 3.28. The van der Waals surface area contributed by atoms with Gasteiger partial charge in [-0.15, -0.1) is 0 Å². The Hall–Kier alpha value is -2.31. The van der Waals surface area contributed by atoms with Gasteiger partial charge in [-0.3, -0.25) is 4.90 Å². The minimum absolute atomic E-state index is 0.196. The van der Waals surface area contributed by atoms with Crippen LogP contribution in [0.4, 0.5) is 0 Å². The monoisotopic (exact) mass is 384 g/mol. The van der Waals surface area contributed by atoms with Crippen molar-refractivity contribution in [2.24, 2.45) is 11.8 Å². The molecular weight excluding hydrogens is 356 g/mol. The Kier molecular flexibility index (Phi) is 5.69. The van der Waals surface area contributed by atoms with E-state index in [1.54, 1.807) is 20.4 Å². The SMILES string of the molecule is COc1cc(CN2C[C@H]3C[C@@H](Oc4ccccc4OC)[C@H](O)C[C@H]3C2)ccn1. The van der Waals surface area contributed by atoms with Gasteiger partial charge in [0.15, 0.2) is 11.5 Å². The highest BCUT2D eigenvalue weighted by Gasteiger charge is 2.42. The molecule has 28 heavy (non-hydrogen) atoms. The smallest absolute Gasteiger partial charge is 0.213 e. The molecule has 1 aliphatic heterocycles. The summed E-state index contributed by atoms with van der Waals surface area (Å²) < 4.78 is 16.8. The Balaban J connectivity index is 1.39. The standard InChI is InChI=1S/C22H28N2O4/c1-26-19-5-3-4-6-20(19)28-21-11-17-14-24(13-16(17)10-18(21)25)12-15-7-8-23-22(9-15)27-2/h3-9,16-18,21,25H,10-14H2,1-2H3/t16-,17+,18+,21+/m0/s1. The van der Waals surface area contributed by atoms with Crippen LogP contribution in [0, 0.1) is 11.8 Å². The highest BCUT2D eigenvalue weighted by molar-refractivity contribution is 5.39. The summed E-state index contributed by atoms with van der Waals surface area (Å²) >= 11 is 0. The number of hydrogen-bond donors (Lipinski definition) is 1. The minimum atomic E-state index is -0.452. The number of benzene rings is 1. The summed E-state index contributed by atoms with van der Waals surface area (Å²) in [6.07, 6.45) is 2.78. The second kappa shape index (κ2) is 8.37. The molecule has 2 aromatic rings. The first-order valence-corrected chi connectivity index (χ1v) is 9.85. The van der Waals surface area contributed by atoms with E-state index in [1.165, 1.54) is 5.56 Å². The van der Waals surface area contributed by atoms with Crippen LogP contribution >= 0.6 is 0 Å². The van der Waals surface area contributed by atoms with Gasteiger partial charge in [0.25, 0.3) is 0 Å². The summed E-state index contributed by atoms with van der Waals surface area (Å²) in [5.41, 5.74) is 1.20. The lowest BCUT2D eigenvalue weighted by molar-refractivity contribution is -0.0240. The third kappa shape index (κ3) is 4.08.